The molecule has 0 aliphatic heterocycles. The molecule has 4 aromatic rings. The Balaban J connectivity index is 1.27. The highest BCUT2D eigenvalue weighted by Crippen LogP contribution is 2.19. The van der Waals surface area contributed by atoms with Gasteiger partial charge in [-0.05, 0) is 29.7 Å². The molecule has 4 rings (SSSR count). The zero-order valence-corrected chi connectivity index (χ0v) is 23.3. The molecule has 0 saturated heterocycles. The van der Waals surface area contributed by atoms with Gasteiger partial charge in [-0.15, -0.1) is 0 Å². The van der Waals surface area contributed by atoms with Crippen LogP contribution in [0, 0.1) is 0 Å². The molecule has 10 nitrogen and oxygen atoms in total. The van der Waals surface area contributed by atoms with E-state index in [-0.39, 0.29) is 32.6 Å². The Kier molecular flexibility index (Phi) is 10.7. The molecule has 42 heavy (non-hydrogen) atoms. The number of para-hydroxylation sites is 1. The summed E-state index contributed by atoms with van der Waals surface area (Å²) < 4.78 is 10.7. The summed E-state index contributed by atoms with van der Waals surface area (Å²) in [6, 6.07) is 24.3. The SMILES string of the molecule is C[C@H](NC(=O)OCc1ccccc1)C(=O)NCCC(=O)N[C@@H](Cc1c[nH]c2ccccc12)C(=O)OCc1ccccc1. The van der Waals surface area contributed by atoms with Gasteiger partial charge < -0.3 is 30.4 Å². The van der Waals surface area contributed by atoms with Gasteiger partial charge in [0.1, 0.15) is 25.3 Å². The van der Waals surface area contributed by atoms with Crippen LogP contribution in [0.15, 0.2) is 91.1 Å². The van der Waals surface area contributed by atoms with E-state index < -0.39 is 36.0 Å². The highest BCUT2D eigenvalue weighted by molar-refractivity contribution is 5.88. The summed E-state index contributed by atoms with van der Waals surface area (Å²) in [5.74, 6) is -1.47. The van der Waals surface area contributed by atoms with Crippen molar-refractivity contribution in [1.82, 2.24) is 20.9 Å². The lowest BCUT2D eigenvalue weighted by molar-refractivity contribution is -0.149. The minimum Gasteiger partial charge on any atom is -0.459 e. The molecule has 218 valence electrons. The molecule has 3 aromatic carbocycles. The van der Waals surface area contributed by atoms with Crippen molar-refractivity contribution < 1.29 is 28.7 Å². The van der Waals surface area contributed by atoms with Crippen LogP contribution in [0.1, 0.15) is 30.0 Å². The van der Waals surface area contributed by atoms with Crippen LogP contribution in [0.2, 0.25) is 0 Å². The van der Waals surface area contributed by atoms with Gasteiger partial charge in [0.25, 0.3) is 0 Å². The van der Waals surface area contributed by atoms with Crippen molar-refractivity contribution in [3.8, 4) is 0 Å². The molecule has 2 atom stereocenters. The van der Waals surface area contributed by atoms with Crippen LogP contribution < -0.4 is 16.0 Å². The molecule has 0 unspecified atom stereocenters. The predicted molar refractivity (Wildman–Crippen MR) is 157 cm³/mol. The number of ether oxygens (including phenoxy) is 2. The van der Waals surface area contributed by atoms with Gasteiger partial charge >= 0.3 is 12.1 Å². The Bertz CT molecular complexity index is 1490. The number of alkyl carbamates (subject to hydrolysis) is 1. The van der Waals surface area contributed by atoms with Crippen molar-refractivity contribution >= 4 is 34.8 Å². The molecular weight excluding hydrogens is 536 g/mol. The number of hydrogen-bond donors (Lipinski definition) is 4. The van der Waals surface area contributed by atoms with Gasteiger partial charge in [0.15, 0.2) is 0 Å². The van der Waals surface area contributed by atoms with E-state index in [9.17, 15) is 19.2 Å². The molecule has 1 aromatic heterocycles. The van der Waals surface area contributed by atoms with Crippen LogP contribution >= 0.6 is 0 Å². The Morgan fingerprint density at radius 1 is 0.786 bits per heavy atom. The second-order valence-electron chi connectivity index (χ2n) is 9.75. The number of aromatic amines is 1. The smallest absolute Gasteiger partial charge is 0.408 e. The number of rotatable bonds is 13. The number of amides is 3. The standard InChI is InChI=1S/C32H34N4O6/c1-22(35-32(40)42-21-24-12-6-3-7-13-24)30(38)33-17-16-29(37)36-28(31(39)41-20-23-10-4-2-5-11-23)18-25-19-34-27-15-9-8-14-26(25)27/h2-15,19,22,28,34H,16-18,20-21H2,1H3,(H,33,38)(H,35,40)(H,36,37)/t22-,28-/m0/s1. The highest BCUT2D eigenvalue weighted by atomic mass is 16.5. The van der Waals surface area contributed by atoms with E-state index in [1.807, 2.05) is 91.1 Å². The van der Waals surface area contributed by atoms with Crippen LogP contribution in [-0.4, -0.2) is 47.5 Å². The maximum Gasteiger partial charge on any atom is 0.408 e. The van der Waals surface area contributed by atoms with E-state index in [4.69, 9.17) is 9.47 Å². The second kappa shape index (κ2) is 15.0. The maximum atomic E-state index is 13.1. The molecule has 10 heteroatoms. The van der Waals surface area contributed by atoms with Crippen molar-refractivity contribution in [2.24, 2.45) is 0 Å². The van der Waals surface area contributed by atoms with Gasteiger partial charge in [-0.2, -0.15) is 0 Å². The number of carbonyl (C=O) groups excluding carboxylic acids is 4. The molecule has 0 fully saturated rings. The average molecular weight is 571 g/mol. The third kappa shape index (κ3) is 8.95. The minimum absolute atomic E-state index is 0.00855. The van der Waals surface area contributed by atoms with Crippen LogP contribution in [0.25, 0.3) is 10.9 Å². The molecule has 0 bridgehead atoms. The molecule has 0 saturated carbocycles. The minimum atomic E-state index is -0.934. The molecular formula is C32H34N4O6. The number of nitrogens with one attached hydrogen (secondary N) is 4. The Hall–Kier alpha value is -5.12. The van der Waals surface area contributed by atoms with E-state index in [1.54, 1.807) is 0 Å². The molecule has 1 heterocycles. The van der Waals surface area contributed by atoms with Gasteiger partial charge in [-0.25, -0.2) is 9.59 Å². The average Bonchev–Trinajstić information content (AvgIpc) is 3.42. The van der Waals surface area contributed by atoms with Gasteiger partial charge in [0.05, 0.1) is 0 Å². The first-order valence-corrected chi connectivity index (χ1v) is 13.7. The summed E-state index contributed by atoms with van der Waals surface area (Å²) in [5.41, 5.74) is 3.43. The number of carbonyl (C=O) groups is 4. The van der Waals surface area contributed by atoms with Crippen molar-refractivity contribution in [3.05, 3.63) is 108 Å². The van der Waals surface area contributed by atoms with Gasteiger partial charge in [-0.1, -0.05) is 78.9 Å². The molecule has 0 aliphatic rings. The summed E-state index contributed by atoms with van der Waals surface area (Å²) in [4.78, 5) is 53.5. The third-order valence-electron chi connectivity index (χ3n) is 6.53. The predicted octanol–water partition coefficient (Wildman–Crippen LogP) is 3.76. The summed E-state index contributed by atoms with van der Waals surface area (Å²) in [6.45, 7) is 1.68. The van der Waals surface area contributed by atoms with E-state index in [2.05, 4.69) is 20.9 Å². The first kappa shape index (κ1) is 29.9. The van der Waals surface area contributed by atoms with E-state index in [0.717, 1.165) is 27.6 Å². The summed E-state index contributed by atoms with van der Waals surface area (Å²) in [7, 11) is 0. The molecule has 0 spiro atoms. The van der Waals surface area contributed by atoms with Crippen LogP contribution in [-0.2, 0) is 43.5 Å². The first-order valence-electron chi connectivity index (χ1n) is 13.7. The largest absolute Gasteiger partial charge is 0.459 e. The van der Waals surface area contributed by atoms with E-state index >= 15 is 0 Å². The third-order valence-corrected chi connectivity index (χ3v) is 6.53. The lowest BCUT2D eigenvalue weighted by Crippen LogP contribution is -2.47. The topological polar surface area (TPSA) is 139 Å². The number of hydrogen-bond acceptors (Lipinski definition) is 6. The van der Waals surface area contributed by atoms with Crippen LogP contribution in [0.5, 0.6) is 0 Å². The normalized spacial score (nSPS) is 12.1. The monoisotopic (exact) mass is 570 g/mol. The van der Waals surface area contributed by atoms with Gasteiger partial charge in [0, 0.05) is 36.5 Å². The van der Waals surface area contributed by atoms with E-state index in [1.165, 1.54) is 6.92 Å². The van der Waals surface area contributed by atoms with Crippen LogP contribution in [0.4, 0.5) is 4.79 Å². The summed E-state index contributed by atoms with van der Waals surface area (Å²) in [6.07, 6.45) is 1.23. The summed E-state index contributed by atoms with van der Waals surface area (Å²) >= 11 is 0. The molecule has 0 radical (unpaired) electrons. The van der Waals surface area contributed by atoms with Crippen molar-refractivity contribution in [3.63, 3.8) is 0 Å². The fraction of sp³-hybridized carbons (Fsp3) is 0.250. The second-order valence-corrected chi connectivity index (χ2v) is 9.75. The fourth-order valence-corrected chi connectivity index (χ4v) is 4.27. The quantitative estimate of drug-likeness (QED) is 0.181. The lowest BCUT2D eigenvalue weighted by atomic mass is 10.0. The summed E-state index contributed by atoms with van der Waals surface area (Å²) in [5, 5.41) is 8.79. The highest BCUT2D eigenvalue weighted by Gasteiger charge is 2.24. The number of H-pyrrole nitrogens is 1. The maximum absolute atomic E-state index is 13.1. The molecule has 0 aliphatic carbocycles. The zero-order chi connectivity index (χ0) is 29.7. The van der Waals surface area contributed by atoms with E-state index in [0.29, 0.717) is 0 Å². The number of esters is 1. The van der Waals surface area contributed by atoms with Crippen LogP contribution in [0.3, 0.4) is 0 Å². The Morgan fingerprint density at radius 3 is 2.10 bits per heavy atom. The number of benzene rings is 3. The first-order chi connectivity index (χ1) is 20.4. The van der Waals surface area contributed by atoms with Gasteiger partial charge in [0.2, 0.25) is 11.8 Å². The number of aromatic nitrogens is 1. The van der Waals surface area contributed by atoms with Crippen molar-refractivity contribution in [2.75, 3.05) is 6.54 Å². The lowest BCUT2D eigenvalue weighted by Gasteiger charge is -2.18. The van der Waals surface area contributed by atoms with Crippen molar-refractivity contribution in [1.29, 1.82) is 0 Å². The Morgan fingerprint density at radius 2 is 1.40 bits per heavy atom. The zero-order valence-electron chi connectivity index (χ0n) is 23.3. The fourth-order valence-electron chi connectivity index (χ4n) is 4.27. The molecule has 4 N–H and O–H groups in total. The van der Waals surface area contributed by atoms with Crippen molar-refractivity contribution in [2.45, 2.75) is 45.1 Å². The Labute approximate surface area is 243 Å². The number of fused-ring (bicyclic) bond motifs is 1. The van der Waals surface area contributed by atoms with Gasteiger partial charge in [-0.3, -0.25) is 9.59 Å². The molecule has 3 amide bonds.